The van der Waals surface area contributed by atoms with Gasteiger partial charge in [-0.25, -0.2) is 4.79 Å². The van der Waals surface area contributed by atoms with E-state index in [0.717, 1.165) is 16.7 Å². The minimum absolute atomic E-state index is 0.121. The Balaban J connectivity index is 1.70. The van der Waals surface area contributed by atoms with Crippen LogP contribution >= 0.6 is 27.7 Å². The van der Waals surface area contributed by atoms with Crippen molar-refractivity contribution in [3.8, 4) is 5.75 Å². The first-order chi connectivity index (χ1) is 18.3. The fraction of sp³-hybridized carbons (Fsp3) is 0.292. The van der Waals surface area contributed by atoms with Gasteiger partial charge in [-0.1, -0.05) is 34.1 Å². The molecule has 2 unspecified atom stereocenters. The Kier molecular flexibility index (Phi) is 10.5. The molecule has 2 aromatic rings. The fourth-order valence-corrected chi connectivity index (χ4v) is 4.65. The summed E-state index contributed by atoms with van der Waals surface area (Å²) in [4.78, 5) is 49.8. The Labute approximate surface area is 230 Å². The highest BCUT2D eigenvalue weighted by atomic mass is 79.9. The van der Waals surface area contributed by atoms with Gasteiger partial charge in [-0.3, -0.25) is 24.6 Å². The zero-order valence-electron chi connectivity index (χ0n) is 20.1. The number of alkyl halides is 1. The number of β-lactam (4-membered cyclic amide) rings is 1. The van der Waals surface area contributed by atoms with Crippen LogP contribution in [0.4, 0.5) is 5.69 Å². The van der Waals surface area contributed by atoms with Crippen LogP contribution in [0.15, 0.2) is 66.1 Å². The second kappa shape index (κ2) is 13.8. The number of halogens is 1. The smallest absolute Gasteiger partial charge is 0.358 e. The molecule has 1 aliphatic rings. The maximum absolute atomic E-state index is 13.1. The van der Waals surface area contributed by atoms with Crippen LogP contribution in [-0.2, 0) is 30.5 Å². The van der Waals surface area contributed by atoms with Gasteiger partial charge in [0.05, 0.1) is 16.2 Å². The number of esters is 1. The number of non-ortho nitro benzene ring substituents is 1. The van der Waals surface area contributed by atoms with Gasteiger partial charge >= 0.3 is 5.97 Å². The number of nitro groups is 1. The summed E-state index contributed by atoms with van der Waals surface area (Å²) in [6, 6.07) is 13.0. The number of amides is 2. The Bertz CT molecular complexity index is 1190. The number of methoxy groups -OCH3 is 1. The SMILES string of the molecule is COCSC1C(NC(=O)COc2ccccc2)C(=O)N1C(C(=O)OCc1ccc([N+](=O)[O-])cc1)=C(O)CBr. The molecule has 0 spiro atoms. The molecule has 2 aromatic carbocycles. The van der Waals surface area contributed by atoms with Gasteiger partial charge in [0.15, 0.2) is 12.3 Å². The van der Waals surface area contributed by atoms with Gasteiger partial charge in [-0.15, -0.1) is 11.8 Å². The molecule has 202 valence electrons. The lowest BCUT2D eigenvalue weighted by Gasteiger charge is -2.46. The average Bonchev–Trinajstić information content (AvgIpc) is 2.93. The lowest BCUT2D eigenvalue weighted by atomic mass is 10.1. The number of carbonyl (C=O) groups is 3. The molecule has 38 heavy (non-hydrogen) atoms. The van der Waals surface area contributed by atoms with E-state index >= 15 is 0 Å². The van der Waals surface area contributed by atoms with Crippen molar-refractivity contribution >= 4 is 51.2 Å². The summed E-state index contributed by atoms with van der Waals surface area (Å²) in [7, 11) is 1.45. The van der Waals surface area contributed by atoms with E-state index in [4.69, 9.17) is 14.2 Å². The number of nitro benzene ring substituents is 1. The number of allylic oxidation sites excluding steroid dienone is 1. The molecule has 1 heterocycles. The summed E-state index contributed by atoms with van der Waals surface area (Å²) in [5.74, 6) is -2.02. The van der Waals surface area contributed by atoms with Crippen LogP contribution in [0.2, 0.25) is 0 Å². The van der Waals surface area contributed by atoms with Gasteiger partial charge in [0.1, 0.15) is 29.5 Å². The molecule has 0 bridgehead atoms. The van der Waals surface area contributed by atoms with Crippen molar-refractivity contribution in [2.75, 3.05) is 25.0 Å². The zero-order chi connectivity index (χ0) is 27.7. The van der Waals surface area contributed by atoms with Crippen LogP contribution in [0.3, 0.4) is 0 Å². The maximum Gasteiger partial charge on any atom is 0.358 e. The first-order valence-corrected chi connectivity index (χ1v) is 13.2. The topological polar surface area (TPSA) is 158 Å². The van der Waals surface area contributed by atoms with Crippen LogP contribution in [-0.4, -0.2) is 69.1 Å². The zero-order valence-corrected chi connectivity index (χ0v) is 22.5. The third-order valence-corrected chi connectivity index (χ3v) is 6.91. The molecule has 1 saturated heterocycles. The number of benzene rings is 2. The highest BCUT2D eigenvalue weighted by molar-refractivity contribution is 9.09. The van der Waals surface area contributed by atoms with Crippen LogP contribution in [0.5, 0.6) is 5.75 Å². The number of aliphatic hydroxyl groups is 1. The van der Waals surface area contributed by atoms with Crippen molar-refractivity contribution in [3.05, 3.63) is 81.7 Å². The first kappa shape index (κ1) is 28.9. The van der Waals surface area contributed by atoms with Crippen LogP contribution < -0.4 is 10.1 Å². The van der Waals surface area contributed by atoms with Gasteiger partial charge in [0.25, 0.3) is 17.5 Å². The van der Waals surface area contributed by atoms with Gasteiger partial charge in [-0.05, 0) is 29.8 Å². The summed E-state index contributed by atoms with van der Waals surface area (Å²) in [6.45, 7) is -0.590. The second-order valence-corrected chi connectivity index (χ2v) is 9.36. The van der Waals surface area contributed by atoms with E-state index in [0.29, 0.717) is 11.3 Å². The van der Waals surface area contributed by atoms with Gasteiger partial charge in [0.2, 0.25) is 0 Å². The van der Waals surface area contributed by atoms with E-state index in [9.17, 15) is 29.6 Å². The van der Waals surface area contributed by atoms with Gasteiger partial charge in [-0.2, -0.15) is 0 Å². The van der Waals surface area contributed by atoms with Crippen molar-refractivity contribution in [1.29, 1.82) is 0 Å². The van der Waals surface area contributed by atoms with Crippen molar-refractivity contribution in [2.45, 2.75) is 18.0 Å². The van der Waals surface area contributed by atoms with Gasteiger partial charge < -0.3 is 24.6 Å². The summed E-state index contributed by atoms with van der Waals surface area (Å²) in [6.07, 6.45) is 0. The Morgan fingerprint density at radius 3 is 2.47 bits per heavy atom. The van der Waals surface area contributed by atoms with Crippen molar-refractivity contribution in [2.24, 2.45) is 0 Å². The number of nitrogens with zero attached hydrogens (tertiary/aromatic N) is 2. The molecule has 0 aromatic heterocycles. The molecule has 2 N–H and O–H groups in total. The maximum atomic E-state index is 13.1. The van der Waals surface area contributed by atoms with Crippen molar-refractivity contribution < 1.29 is 38.6 Å². The second-order valence-electron chi connectivity index (χ2n) is 7.75. The van der Waals surface area contributed by atoms with E-state index in [2.05, 4.69) is 21.2 Å². The predicted octanol–water partition coefficient (Wildman–Crippen LogP) is 2.87. The minimum Gasteiger partial charge on any atom is -0.509 e. The fourth-order valence-electron chi connectivity index (χ4n) is 3.37. The predicted molar refractivity (Wildman–Crippen MR) is 140 cm³/mol. The number of aliphatic hydroxyl groups excluding tert-OH is 1. The molecule has 14 heteroatoms. The number of ether oxygens (including phenoxy) is 3. The molecule has 0 radical (unpaired) electrons. The summed E-state index contributed by atoms with van der Waals surface area (Å²) in [5.41, 5.74) is -0.0529. The number of hydrogen-bond acceptors (Lipinski definition) is 10. The molecule has 3 rings (SSSR count). The van der Waals surface area contributed by atoms with Crippen LogP contribution in [0.25, 0.3) is 0 Å². The molecule has 0 saturated carbocycles. The first-order valence-electron chi connectivity index (χ1n) is 11.1. The molecule has 2 amide bonds. The third-order valence-electron chi connectivity index (χ3n) is 5.18. The van der Waals surface area contributed by atoms with E-state index < -0.39 is 45.6 Å². The Hall–Kier alpha value is -3.62. The van der Waals surface area contributed by atoms with E-state index in [1.807, 2.05) is 0 Å². The number of hydrogen-bond donors (Lipinski definition) is 2. The molecule has 0 aliphatic carbocycles. The van der Waals surface area contributed by atoms with Crippen molar-refractivity contribution in [1.82, 2.24) is 10.2 Å². The standard InChI is InChI=1S/C24H24BrN3O9S/c1-35-14-38-23-20(26-19(30)13-36-17-5-3-2-4-6-17)22(31)27(23)21(18(29)11-25)24(32)37-12-15-7-9-16(10-8-15)28(33)34/h2-10,20,23,29H,11-14H2,1H3,(H,26,30). The van der Waals surface area contributed by atoms with Crippen molar-refractivity contribution in [3.63, 3.8) is 0 Å². The highest BCUT2D eigenvalue weighted by Gasteiger charge is 2.52. The normalized spacial score (nSPS) is 17.2. The number of para-hydroxylation sites is 1. The van der Waals surface area contributed by atoms with E-state index in [1.165, 1.54) is 31.4 Å². The quantitative estimate of drug-likeness (QED) is 0.0505. The molecule has 1 aliphatic heterocycles. The van der Waals surface area contributed by atoms with Gasteiger partial charge in [0, 0.05) is 19.2 Å². The number of thioether (sulfide) groups is 1. The van der Waals surface area contributed by atoms with Crippen LogP contribution in [0, 0.1) is 10.1 Å². The molecule has 2 atom stereocenters. The minimum atomic E-state index is -1.01. The largest absolute Gasteiger partial charge is 0.509 e. The summed E-state index contributed by atoms with van der Waals surface area (Å²) >= 11 is 4.21. The third kappa shape index (κ3) is 7.24. The average molecular weight is 610 g/mol. The molecule has 1 fully saturated rings. The number of likely N-dealkylation sites (tertiary alicyclic amines) is 1. The number of rotatable bonds is 13. The lowest BCUT2D eigenvalue weighted by Crippen LogP contribution is -2.70. The van der Waals surface area contributed by atoms with E-state index in [1.54, 1.807) is 30.3 Å². The summed E-state index contributed by atoms with van der Waals surface area (Å²) < 4.78 is 15.8. The van der Waals surface area contributed by atoms with E-state index in [-0.39, 0.29) is 30.2 Å². The van der Waals surface area contributed by atoms with Crippen LogP contribution in [0.1, 0.15) is 5.56 Å². The lowest BCUT2D eigenvalue weighted by molar-refractivity contribution is -0.384. The molecule has 12 nitrogen and oxygen atoms in total. The molecular formula is C24H24BrN3O9S. The Morgan fingerprint density at radius 2 is 1.87 bits per heavy atom. The monoisotopic (exact) mass is 609 g/mol. The highest BCUT2D eigenvalue weighted by Crippen LogP contribution is 2.35. The Morgan fingerprint density at radius 1 is 1.18 bits per heavy atom. The number of nitrogens with one attached hydrogen (secondary N) is 1. The number of carbonyl (C=O) groups excluding carboxylic acids is 3. The summed E-state index contributed by atoms with van der Waals surface area (Å²) in [5, 5.41) is 23.0. The molecular weight excluding hydrogens is 586 g/mol.